The van der Waals surface area contributed by atoms with Crippen LogP contribution in [0.5, 0.6) is 0 Å². The van der Waals surface area contributed by atoms with Crippen LogP contribution in [0.3, 0.4) is 0 Å². The van der Waals surface area contributed by atoms with Gasteiger partial charge >= 0.3 is 17.9 Å². The van der Waals surface area contributed by atoms with Gasteiger partial charge in [0.2, 0.25) is 0 Å². The van der Waals surface area contributed by atoms with Gasteiger partial charge < -0.3 is 18.9 Å². The maximum Gasteiger partial charge on any atom is 0.303 e. The van der Waals surface area contributed by atoms with Crippen LogP contribution in [0.2, 0.25) is 0 Å². The van der Waals surface area contributed by atoms with Gasteiger partial charge in [-0.15, -0.1) is 0 Å². The van der Waals surface area contributed by atoms with Gasteiger partial charge in [-0.2, -0.15) is 0 Å². The lowest BCUT2D eigenvalue weighted by Crippen LogP contribution is -2.72. The Kier molecular flexibility index (Phi) is 5.30. The number of esters is 3. The van der Waals surface area contributed by atoms with Crippen molar-refractivity contribution >= 4 is 23.7 Å². The molecule has 0 aromatic carbocycles. The molecule has 1 aliphatic heterocycles. The van der Waals surface area contributed by atoms with E-state index < -0.39 is 52.5 Å². The third kappa shape index (κ3) is 3.16. The molecule has 3 fully saturated rings. The molecule has 1 heterocycles. The number of hydrogen-bond acceptors (Lipinski definition) is 8. The van der Waals surface area contributed by atoms with Gasteiger partial charge in [0.15, 0.2) is 11.9 Å². The molecule has 8 heteroatoms. The van der Waals surface area contributed by atoms with Crippen molar-refractivity contribution in [3.05, 3.63) is 0 Å². The third-order valence-electron chi connectivity index (χ3n) is 6.99. The summed E-state index contributed by atoms with van der Waals surface area (Å²) < 4.78 is 23.1. The molecule has 3 aliphatic rings. The molecule has 2 bridgehead atoms. The molecule has 2 aliphatic carbocycles. The van der Waals surface area contributed by atoms with Crippen molar-refractivity contribution < 1.29 is 38.1 Å². The molecule has 1 spiro atoms. The van der Waals surface area contributed by atoms with Crippen molar-refractivity contribution in [3.8, 4) is 0 Å². The van der Waals surface area contributed by atoms with Crippen molar-refractivity contribution in [2.24, 2.45) is 17.3 Å². The van der Waals surface area contributed by atoms with E-state index in [4.69, 9.17) is 18.9 Å². The van der Waals surface area contributed by atoms with Gasteiger partial charge in [-0.1, -0.05) is 6.92 Å². The lowest BCUT2D eigenvalue weighted by atomic mass is 9.49. The second kappa shape index (κ2) is 7.07. The molecule has 0 aromatic rings. The minimum Gasteiger partial charge on any atom is -0.465 e. The van der Waals surface area contributed by atoms with Crippen LogP contribution in [-0.4, -0.2) is 53.7 Å². The molecule has 3 rings (SSSR count). The third-order valence-corrected chi connectivity index (χ3v) is 6.99. The Morgan fingerprint density at radius 2 is 1.66 bits per heavy atom. The predicted octanol–water partition coefficient (Wildman–Crippen LogP) is 1.97. The van der Waals surface area contributed by atoms with Gasteiger partial charge in [0.25, 0.3) is 0 Å². The van der Waals surface area contributed by atoms with Gasteiger partial charge in [-0.05, 0) is 39.0 Å². The highest BCUT2D eigenvalue weighted by molar-refractivity contribution is 5.95. The molecule has 6 atom stereocenters. The molecular formula is C21H30O8. The molecule has 0 aromatic heterocycles. The van der Waals surface area contributed by atoms with E-state index in [9.17, 15) is 19.2 Å². The number of Topliss-reactive ketones (excluding diaryl/α,β-unsaturated/α-hetero) is 1. The average Bonchev–Trinajstić information content (AvgIpc) is 2.84. The van der Waals surface area contributed by atoms with Crippen molar-refractivity contribution in [2.45, 2.75) is 84.2 Å². The zero-order valence-electron chi connectivity index (χ0n) is 17.9. The van der Waals surface area contributed by atoms with E-state index in [0.717, 1.165) is 0 Å². The second-order valence-corrected chi connectivity index (χ2v) is 9.13. The summed E-state index contributed by atoms with van der Waals surface area (Å²) in [7, 11) is 0. The summed E-state index contributed by atoms with van der Waals surface area (Å²) in [5.41, 5.74) is -3.17. The van der Waals surface area contributed by atoms with E-state index in [1.54, 1.807) is 0 Å². The van der Waals surface area contributed by atoms with Crippen LogP contribution in [0.1, 0.15) is 60.8 Å². The number of rotatable bonds is 4. The smallest absolute Gasteiger partial charge is 0.303 e. The molecule has 0 N–H and O–H groups in total. The molecule has 8 nitrogen and oxygen atoms in total. The first-order chi connectivity index (χ1) is 13.4. The van der Waals surface area contributed by atoms with Crippen LogP contribution in [-0.2, 0) is 38.1 Å². The minimum absolute atomic E-state index is 0.0450. The molecule has 2 saturated carbocycles. The number of carbonyl (C=O) groups excluding carboxylic acids is 4. The summed E-state index contributed by atoms with van der Waals surface area (Å²) in [5, 5.41) is 0. The molecule has 0 amide bonds. The number of hydrogen-bond donors (Lipinski definition) is 0. The first-order valence-corrected chi connectivity index (χ1v) is 10.1. The Bertz CT molecular complexity index is 743. The zero-order chi connectivity index (χ0) is 21.8. The van der Waals surface area contributed by atoms with Gasteiger partial charge in [0.1, 0.15) is 18.1 Å². The maximum absolute atomic E-state index is 14.0. The summed E-state index contributed by atoms with van der Waals surface area (Å²) in [4.78, 5) is 49.4. The summed E-state index contributed by atoms with van der Waals surface area (Å²) >= 11 is 0. The van der Waals surface area contributed by atoms with Crippen LogP contribution < -0.4 is 0 Å². The minimum atomic E-state index is -1.44. The number of fused-ring (bicyclic) bond motifs is 1. The number of carbonyl (C=O) groups is 4. The van der Waals surface area contributed by atoms with Gasteiger partial charge in [0, 0.05) is 26.7 Å². The van der Waals surface area contributed by atoms with Crippen molar-refractivity contribution in [1.82, 2.24) is 0 Å². The fourth-order valence-corrected chi connectivity index (χ4v) is 5.78. The number of ketones is 1. The van der Waals surface area contributed by atoms with Crippen LogP contribution in [0, 0.1) is 17.3 Å². The summed E-state index contributed by atoms with van der Waals surface area (Å²) in [6, 6.07) is 0. The normalized spacial score (nSPS) is 40.0. The van der Waals surface area contributed by atoms with E-state index in [1.165, 1.54) is 20.8 Å². The van der Waals surface area contributed by atoms with Gasteiger partial charge in [-0.3, -0.25) is 19.2 Å². The van der Waals surface area contributed by atoms with E-state index in [1.807, 2.05) is 20.8 Å². The monoisotopic (exact) mass is 410 g/mol. The van der Waals surface area contributed by atoms with Crippen molar-refractivity contribution in [3.63, 3.8) is 0 Å². The largest absolute Gasteiger partial charge is 0.465 e. The maximum atomic E-state index is 14.0. The molecule has 0 radical (unpaired) electrons. The van der Waals surface area contributed by atoms with E-state index in [-0.39, 0.29) is 18.4 Å². The Labute approximate surface area is 170 Å². The SMILES string of the molecule is CC(=O)OCC12C(=O)[C@H](OC(C)=O)[C@H]3C[C@@]1(OC3(C)C)[C@@H](C)CC[C@H]2OC(C)=O. The highest BCUT2D eigenvalue weighted by Gasteiger charge is 2.78. The van der Waals surface area contributed by atoms with Crippen LogP contribution in [0.4, 0.5) is 0 Å². The van der Waals surface area contributed by atoms with Crippen molar-refractivity contribution in [2.75, 3.05) is 6.61 Å². The topological polar surface area (TPSA) is 105 Å². The van der Waals surface area contributed by atoms with Gasteiger partial charge in [-0.25, -0.2) is 0 Å². The molecule has 162 valence electrons. The second-order valence-electron chi connectivity index (χ2n) is 9.13. The Morgan fingerprint density at radius 3 is 2.21 bits per heavy atom. The first-order valence-electron chi connectivity index (χ1n) is 10.1. The standard InChI is InChI=1S/C21H30O8/c1-11-7-8-16(27-13(3)23)20(10-26-12(2)22)18(25)17(28-14(4)24)15-9-21(11,20)29-19(15,5)6/h11,15-17H,7-10H2,1-6H3/t11-,15+,16+,17+,20?,21+/m0/s1. The zero-order valence-corrected chi connectivity index (χ0v) is 17.9. The fraction of sp³-hybridized carbons (Fsp3) is 0.810. The molecular weight excluding hydrogens is 380 g/mol. The summed E-state index contributed by atoms with van der Waals surface area (Å²) in [6.07, 6.45) is -0.331. The average molecular weight is 410 g/mol. The Balaban J connectivity index is 2.21. The summed E-state index contributed by atoms with van der Waals surface area (Å²) in [5.74, 6) is -2.44. The summed E-state index contributed by atoms with van der Waals surface area (Å²) in [6.45, 7) is 9.26. The molecule has 1 unspecified atom stereocenters. The van der Waals surface area contributed by atoms with E-state index in [0.29, 0.717) is 19.3 Å². The lowest BCUT2D eigenvalue weighted by molar-refractivity contribution is -0.245. The Hall–Kier alpha value is -1.96. The van der Waals surface area contributed by atoms with Crippen LogP contribution in [0.25, 0.3) is 0 Å². The van der Waals surface area contributed by atoms with Crippen LogP contribution >= 0.6 is 0 Å². The number of ether oxygens (including phenoxy) is 4. The van der Waals surface area contributed by atoms with E-state index >= 15 is 0 Å². The van der Waals surface area contributed by atoms with Crippen molar-refractivity contribution in [1.29, 1.82) is 0 Å². The predicted molar refractivity (Wildman–Crippen MR) is 99.6 cm³/mol. The first kappa shape index (κ1) is 21.7. The molecule has 1 saturated heterocycles. The van der Waals surface area contributed by atoms with Gasteiger partial charge in [0.05, 0.1) is 11.2 Å². The molecule has 29 heavy (non-hydrogen) atoms. The highest BCUT2D eigenvalue weighted by atomic mass is 16.6. The highest BCUT2D eigenvalue weighted by Crippen LogP contribution is 2.65. The lowest BCUT2D eigenvalue weighted by Gasteiger charge is -2.58. The van der Waals surface area contributed by atoms with Crippen LogP contribution in [0.15, 0.2) is 0 Å². The fourth-order valence-electron chi connectivity index (χ4n) is 5.78. The van der Waals surface area contributed by atoms with E-state index in [2.05, 4.69) is 0 Å². The Morgan fingerprint density at radius 1 is 1.03 bits per heavy atom. The quantitative estimate of drug-likeness (QED) is 0.512.